The topological polar surface area (TPSA) is 81.4 Å². The van der Waals surface area contributed by atoms with Gasteiger partial charge in [0.05, 0.1) is 5.69 Å². The number of aryl methyl sites for hydroxylation is 3. The van der Waals surface area contributed by atoms with Crippen molar-refractivity contribution in [3.8, 4) is 11.3 Å². The highest BCUT2D eigenvalue weighted by Gasteiger charge is 2.24. The van der Waals surface area contributed by atoms with E-state index < -0.39 is 0 Å². The van der Waals surface area contributed by atoms with Crippen LogP contribution in [0.4, 0.5) is 5.95 Å². The molecule has 7 nitrogen and oxygen atoms in total. The van der Waals surface area contributed by atoms with Crippen LogP contribution in [0, 0.1) is 26.7 Å². The molecular weight excluding hydrogens is 314 g/mol. The number of hydrogen-bond acceptors (Lipinski definition) is 6. The molecule has 3 aromatic rings. The Kier molecular flexibility index (Phi) is 3.91. The summed E-state index contributed by atoms with van der Waals surface area (Å²) in [6.07, 6.45) is 2.73. The molecule has 1 aliphatic heterocycles. The highest BCUT2D eigenvalue weighted by Crippen LogP contribution is 2.22. The number of hydrogen-bond donors (Lipinski definition) is 1. The van der Waals surface area contributed by atoms with Gasteiger partial charge in [0.25, 0.3) is 0 Å². The highest BCUT2D eigenvalue weighted by atomic mass is 15.3. The molecule has 7 heteroatoms. The molecule has 4 heterocycles. The van der Waals surface area contributed by atoms with Crippen LogP contribution in [-0.4, -0.2) is 36.3 Å². The number of nitrogens with one attached hydrogen (secondary N) is 1. The average Bonchev–Trinajstić information content (AvgIpc) is 3.15. The molecule has 128 valence electrons. The predicted molar refractivity (Wildman–Crippen MR) is 95.2 cm³/mol. The largest absolute Gasteiger partial charge is 0.354 e. The van der Waals surface area contributed by atoms with Crippen molar-refractivity contribution in [2.24, 2.45) is 5.92 Å². The molecule has 0 aliphatic carbocycles. The maximum Gasteiger partial charge on any atom is 0.223 e. The third-order valence-electron chi connectivity index (χ3n) is 4.63. The Morgan fingerprint density at radius 2 is 2.00 bits per heavy atom. The lowest BCUT2D eigenvalue weighted by Crippen LogP contribution is -2.17. The highest BCUT2D eigenvalue weighted by molar-refractivity contribution is 5.62. The molecule has 0 fully saturated rings. The second-order valence-corrected chi connectivity index (χ2v) is 6.58. The minimum absolute atomic E-state index is 0.485. The molecule has 0 spiro atoms. The van der Waals surface area contributed by atoms with E-state index in [-0.39, 0.29) is 0 Å². The number of fused-ring (bicyclic) bond motifs is 1. The SMILES string of the molecule is Cc1ccc(-c2ccnc(NCC3Cc4nnc(C)n4C3)n2)c(C)n1. The van der Waals surface area contributed by atoms with E-state index in [2.05, 4.69) is 41.1 Å². The molecule has 0 bridgehead atoms. The van der Waals surface area contributed by atoms with Gasteiger partial charge >= 0.3 is 0 Å². The summed E-state index contributed by atoms with van der Waals surface area (Å²) in [6, 6.07) is 5.99. The second-order valence-electron chi connectivity index (χ2n) is 6.58. The van der Waals surface area contributed by atoms with Crippen LogP contribution in [-0.2, 0) is 13.0 Å². The van der Waals surface area contributed by atoms with Gasteiger partial charge in [-0.3, -0.25) is 4.98 Å². The molecule has 0 aromatic carbocycles. The van der Waals surface area contributed by atoms with E-state index in [0.29, 0.717) is 11.9 Å². The van der Waals surface area contributed by atoms with E-state index in [4.69, 9.17) is 0 Å². The van der Waals surface area contributed by atoms with Crippen molar-refractivity contribution in [2.75, 3.05) is 11.9 Å². The number of nitrogens with zero attached hydrogens (tertiary/aromatic N) is 6. The molecule has 1 atom stereocenters. The molecule has 1 aliphatic rings. The van der Waals surface area contributed by atoms with Crippen molar-refractivity contribution < 1.29 is 0 Å². The number of aromatic nitrogens is 6. The van der Waals surface area contributed by atoms with Crippen molar-refractivity contribution in [1.29, 1.82) is 0 Å². The summed E-state index contributed by atoms with van der Waals surface area (Å²) in [5.74, 6) is 3.19. The minimum Gasteiger partial charge on any atom is -0.354 e. The number of pyridine rings is 1. The van der Waals surface area contributed by atoms with Gasteiger partial charge in [0.15, 0.2) is 0 Å². The van der Waals surface area contributed by atoms with Gasteiger partial charge in [0.2, 0.25) is 5.95 Å². The summed E-state index contributed by atoms with van der Waals surface area (Å²) in [4.78, 5) is 13.5. The Balaban J connectivity index is 1.45. The van der Waals surface area contributed by atoms with Crippen molar-refractivity contribution in [2.45, 2.75) is 33.7 Å². The van der Waals surface area contributed by atoms with E-state index in [1.54, 1.807) is 6.20 Å². The minimum atomic E-state index is 0.485. The maximum atomic E-state index is 4.65. The maximum absolute atomic E-state index is 4.65. The predicted octanol–water partition coefficient (Wildman–Crippen LogP) is 2.34. The lowest BCUT2D eigenvalue weighted by Gasteiger charge is -2.12. The fraction of sp³-hybridized carbons (Fsp3) is 0.389. The molecule has 0 amide bonds. The average molecular weight is 335 g/mol. The van der Waals surface area contributed by atoms with Crippen LogP contribution in [0.2, 0.25) is 0 Å². The Bertz CT molecular complexity index is 916. The molecule has 0 radical (unpaired) electrons. The van der Waals surface area contributed by atoms with Crippen LogP contribution in [0.5, 0.6) is 0 Å². The van der Waals surface area contributed by atoms with Gasteiger partial charge in [0.1, 0.15) is 11.6 Å². The summed E-state index contributed by atoms with van der Waals surface area (Å²) in [6.45, 7) is 7.76. The van der Waals surface area contributed by atoms with Gasteiger partial charge in [-0.25, -0.2) is 9.97 Å². The summed E-state index contributed by atoms with van der Waals surface area (Å²) in [5.41, 5.74) is 3.92. The Labute approximate surface area is 146 Å². The van der Waals surface area contributed by atoms with E-state index in [0.717, 1.165) is 53.8 Å². The summed E-state index contributed by atoms with van der Waals surface area (Å²) in [7, 11) is 0. The fourth-order valence-corrected chi connectivity index (χ4v) is 3.32. The summed E-state index contributed by atoms with van der Waals surface area (Å²) in [5, 5.41) is 11.7. The summed E-state index contributed by atoms with van der Waals surface area (Å²) < 4.78 is 2.19. The summed E-state index contributed by atoms with van der Waals surface area (Å²) >= 11 is 0. The van der Waals surface area contributed by atoms with E-state index in [9.17, 15) is 0 Å². The van der Waals surface area contributed by atoms with E-state index in [1.807, 2.05) is 32.9 Å². The second kappa shape index (κ2) is 6.23. The van der Waals surface area contributed by atoms with Gasteiger partial charge in [-0.1, -0.05) is 0 Å². The van der Waals surface area contributed by atoms with Crippen molar-refractivity contribution in [3.05, 3.63) is 47.4 Å². The van der Waals surface area contributed by atoms with Crippen LogP contribution in [0.3, 0.4) is 0 Å². The van der Waals surface area contributed by atoms with Gasteiger partial charge in [-0.05, 0) is 39.0 Å². The van der Waals surface area contributed by atoms with Crippen molar-refractivity contribution >= 4 is 5.95 Å². The normalized spacial score (nSPS) is 16.0. The zero-order valence-electron chi connectivity index (χ0n) is 14.7. The lowest BCUT2D eigenvalue weighted by atomic mass is 10.1. The third-order valence-corrected chi connectivity index (χ3v) is 4.63. The van der Waals surface area contributed by atoms with Gasteiger partial charge < -0.3 is 9.88 Å². The van der Waals surface area contributed by atoms with Crippen LogP contribution < -0.4 is 5.32 Å². The molecule has 0 saturated heterocycles. The van der Waals surface area contributed by atoms with Crippen LogP contribution in [0.15, 0.2) is 24.4 Å². The molecule has 4 rings (SSSR count). The smallest absolute Gasteiger partial charge is 0.223 e. The molecule has 0 saturated carbocycles. The van der Waals surface area contributed by atoms with Gasteiger partial charge in [-0.15, -0.1) is 10.2 Å². The number of rotatable bonds is 4. The third kappa shape index (κ3) is 3.09. The standard InChI is InChI=1S/C18H21N7/c1-11-4-5-15(12(2)21-11)16-6-7-19-18(22-16)20-9-14-8-17-24-23-13(3)25(17)10-14/h4-7,14H,8-10H2,1-3H3,(H,19,20,22). The zero-order valence-corrected chi connectivity index (χ0v) is 14.7. The van der Waals surface area contributed by atoms with E-state index >= 15 is 0 Å². The van der Waals surface area contributed by atoms with Crippen LogP contribution >= 0.6 is 0 Å². The fourth-order valence-electron chi connectivity index (χ4n) is 3.32. The number of anilines is 1. The van der Waals surface area contributed by atoms with Crippen molar-refractivity contribution in [3.63, 3.8) is 0 Å². The first-order valence-corrected chi connectivity index (χ1v) is 8.50. The first kappa shape index (κ1) is 15.7. The van der Waals surface area contributed by atoms with Gasteiger partial charge in [0, 0.05) is 48.6 Å². The monoisotopic (exact) mass is 335 g/mol. The molecule has 25 heavy (non-hydrogen) atoms. The Morgan fingerprint density at radius 1 is 1.12 bits per heavy atom. The first-order chi connectivity index (χ1) is 12.1. The van der Waals surface area contributed by atoms with Gasteiger partial charge in [-0.2, -0.15) is 0 Å². The quantitative estimate of drug-likeness (QED) is 0.788. The lowest BCUT2D eigenvalue weighted by molar-refractivity contribution is 0.526. The zero-order chi connectivity index (χ0) is 17.4. The Hall–Kier alpha value is -2.83. The molecule has 1 unspecified atom stereocenters. The Morgan fingerprint density at radius 3 is 2.80 bits per heavy atom. The van der Waals surface area contributed by atoms with Crippen molar-refractivity contribution in [1.82, 2.24) is 29.7 Å². The van der Waals surface area contributed by atoms with E-state index in [1.165, 1.54) is 0 Å². The van der Waals surface area contributed by atoms with Crippen LogP contribution in [0.25, 0.3) is 11.3 Å². The molecular formula is C18H21N7. The first-order valence-electron chi connectivity index (χ1n) is 8.50. The molecule has 1 N–H and O–H groups in total. The van der Waals surface area contributed by atoms with Crippen LogP contribution in [0.1, 0.15) is 23.0 Å². The molecule has 3 aromatic heterocycles.